The number of thiazole rings is 1. The van der Waals surface area contributed by atoms with Crippen molar-refractivity contribution in [1.82, 2.24) is 24.9 Å². The molecule has 124 valence electrons. The first-order valence-electron chi connectivity index (χ1n) is 8.20. The average Bonchev–Trinajstić information content (AvgIpc) is 3.24. The van der Waals surface area contributed by atoms with Crippen LogP contribution in [0.25, 0.3) is 0 Å². The highest BCUT2D eigenvalue weighted by Crippen LogP contribution is 2.31. The molecule has 3 heterocycles. The summed E-state index contributed by atoms with van der Waals surface area (Å²) in [5.41, 5.74) is 1.17. The Morgan fingerprint density at radius 1 is 1.48 bits per heavy atom. The molecule has 2 aromatic heterocycles. The van der Waals surface area contributed by atoms with Gasteiger partial charge in [0.15, 0.2) is 0 Å². The molecular formula is C16H23N5OS. The zero-order valence-corrected chi connectivity index (χ0v) is 14.5. The van der Waals surface area contributed by atoms with E-state index in [1.54, 1.807) is 28.4 Å². The molecule has 23 heavy (non-hydrogen) atoms. The van der Waals surface area contributed by atoms with Gasteiger partial charge in [-0.3, -0.25) is 9.48 Å². The Balaban J connectivity index is 1.57. The number of carbonyl (C=O) groups is 1. The van der Waals surface area contributed by atoms with Gasteiger partial charge >= 0.3 is 0 Å². The molecule has 0 aliphatic carbocycles. The molecule has 0 radical (unpaired) electrons. The number of hydrogen-bond donors (Lipinski definition) is 0. The van der Waals surface area contributed by atoms with Crippen molar-refractivity contribution >= 4 is 17.2 Å². The maximum Gasteiger partial charge on any atom is 0.224 e. The summed E-state index contributed by atoms with van der Waals surface area (Å²) in [5.74, 6) is 1.05. The number of rotatable bonds is 5. The van der Waals surface area contributed by atoms with Crippen molar-refractivity contribution < 1.29 is 4.79 Å². The lowest BCUT2D eigenvalue weighted by molar-refractivity contribution is -0.132. The monoisotopic (exact) mass is 333 g/mol. The molecular weight excluding hydrogens is 310 g/mol. The molecule has 1 saturated heterocycles. The number of likely N-dealkylation sites (tertiary alicyclic amines) is 1. The third-order valence-electron chi connectivity index (χ3n) is 4.28. The molecule has 7 heteroatoms. The van der Waals surface area contributed by atoms with Crippen LogP contribution in [0.4, 0.5) is 0 Å². The molecule has 2 aromatic rings. The van der Waals surface area contributed by atoms with E-state index in [0.717, 1.165) is 25.9 Å². The number of piperidine rings is 1. The van der Waals surface area contributed by atoms with Gasteiger partial charge in [-0.2, -0.15) is 0 Å². The molecule has 0 aromatic carbocycles. The summed E-state index contributed by atoms with van der Waals surface area (Å²) in [6.45, 7) is 6.57. The minimum atomic E-state index is 0.200. The van der Waals surface area contributed by atoms with Crippen molar-refractivity contribution in [2.75, 3.05) is 13.1 Å². The average molecular weight is 333 g/mol. The van der Waals surface area contributed by atoms with Crippen LogP contribution in [0.5, 0.6) is 0 Å². The second kappa shape index (κ2) is 7.21. The van der Waals surface area contributed by atoms with Gasteiger partial charge in [-0.1, -0.05) is 19.1 Å². The molecule has 1 amide bonds. The Kier molecular flexibility index (Phi) is 5.05. The quantitative estimate of drug-likeness (QED) is 0.844. The summed E-state index contributed by atoms with van der Waals surface area (Å²) in [4.78, 5) is 19.2. The van der Waals surface area contributed by atoms with E-state index in [4.69, 9.17) is 4.98 Å². The van der Waals surface area contributed by atoms with Crippen molar-refractivity contribution in [2.45, 2.75) is 51.5 Å². The standard InChI is InChI=1S/C16H23N5OS/c1-12(2)14-11-23-16(18-14)13-4-3-7-20(10-13)15(22)5-8-21-9-6-17-19-21/h6,9,11-13H,3-5,7-8,10H2,1-2H3/t13-/m1/s1. The van der Waals surface area contributed by atoms with E-state index in [1.807, 2.05) is 4.90 Å². The largest absolute Gasteiger partial charge is 0.342 e. The van der Waals surface area contributed by atoms with Gasteiger partial charge in [-0.25, -0.2) is 4.98 Å². The van der Waals surface area contributed by atoms with Crippen LogP contribution in [0, 0.1) is 0 Å². The Labute approximate surface area is 140 Å². The third-order valence-corrected chi connectivity index (χ3v) is 5.31. The van der Waals surface area contributed by atoms with Crippen molar-refractivity contribution in [3.63, 3.8) is 0 Å². The molecule has 0 saturated carbocycles. The van der Waals surface area contributed by atoms with Gasteiger partial charge in [-0.05, 0) is 18.8 Å². The minimum Gasteiger partial charge on any atom is -0.342 e. The number of carbonyl (C=O) groups excluding carboxylic acids is 1. The molecule has 1 atom stereocenters. The van der Waals surface area contributed by atoms with Crippen LogP contribution in [-0.2, 0) is 11.3 Å². The van der Waals surface area contributed by atoms with E-state index in [2.05, 4.69) is 29.5 Å². The van der Waals surface area contributed by atoms with Crippen molar-refractivity contribution in [2.24, 2.45) is 0 Å². The predicted octanol–water partition coefficient (Wildman–Crippen LogP) is 2.65. The Morgan fingerprint density at radius 3 is 3.04 bits per heavy atom. The van der Waals surface area contributed by atoms with Gasteiger partial charge in [-0.15, -0.1) is 16.4 Å². The fraction of sp³-hybridized carbons (Fsp3) is 0.625. The van der Waals surface area contributed by atoms with E-state index in [9.17, 15) is 4.79 Å². The minimum absolute atomic E-state index is 0.200. The number of hydrogen-bond acceptors (Lipinski definition) is 5. The molecule has 1 aliphatic heterocycles. The fourth-order valence-corrected chi connectivity index (χ4v) is 3.99. The third kappa shape index (κ3) is 3.96. The summed E-state index contributed by atoms with van der Waals surface area (Å²) in [6.07, 6.45) is 6.07. The van der Waals surface area contributed by atoms with Gasteiger partial charge < -0.3 is 4.90 Å². The van der Waals surface area contributed by atoms with E-state index in [-0.39, 0.29) is 5.91 Å². The zero-order valence-electron chi connectivity index (χ0n) is 13.7. The summed E-state index contributed by atoms with van der Waals surface area (Å²) in [6, 6.07) is 0. The Bertz CT molecular complexity index is 637. The number of nitrogens with zero attached hydrogens (tertiary/aromatic N) is 5. The number of aryl methyl sites for hydroxylation is 1. The highest BCUT2D eigenvalue weighted by atomic mass is 32.1. The first-order chi connectivity index (χ1) is 11.1. The van der Waals surface area contributed by atoms with Crippen LogP contribution >= 0.6 is 11.3 Å². The van der Waals surface area contributed by atoms with Crippen LogP contribution < -0.4 is 0 Å². The molecule has 0 spiro atoms. The van der Waals surface area contributed by atoms with Crippen LogP contribution in [0.3, 0.4) is 0 Å². The van der Waals surface area contributed by atoms with Crippen molar-refractivity contribution in [3.05, 3.63) is 28.5 Å². The molecule has 6 nitrogen and oxygen atoms in total. The van der Waals surface area contributed by atoms with Crippen molar-refractivity contribution in [1.29, 1.82) is 0 Å². The second-order valence-electron chi connectivity index (χ2n) is 6.36. The summed E-state index contributed by atoms with van der Waals surface area (Å²) in [7, 11) is 0. The predicted molar refractivity (Wildman–Crippen MR) is 89.4 cm³/mol. The second-order valence-corrected chi connectivity index (χ2v) is 7.25. The fourth-order valence-electron chi connectivity index (χ4n) is 2.88. The lowest BCUT2D eigenvalue weighted by Crippen LogP contribution is -2.39. The van der Waals surface area contributed by atoms with E-state index < -0.39 is 0 Å². The summed E-state index contributed by atoms with van der Waals surface area (Å²) in [5, 5.41) is 11.0. The Hall–Kier alpha value is -1.76. The highest BCUT2D eigenvalue weighted by molar-refractivity contribution is 7.09. The van der Waals surface area contributed by atoms with E-state index in [0.29, 0.717) is 24.8 Å². The van der Waals surface area contributed by atoms with Crippen molar-refractivity contribution in [3.8, 4) is 0 Å². The smallest absolute Gasteiger partial charge is 0.224 e. The highest BCUT2D eigenvalue weighted by Gasteiger charge is 2.26. The molecule has 0 unspecified atom stereocenters. The maximum absolute atomic E-state index is 12.4. The SMILES string of the molecule is CC(C)c1csc([C@@H]2CCCN(C(=O)CCn3ccnn3)C2)n1. The molecule has 1 fully saturated rings. The molecule has 3 rings (SSSR count). The molecule has 1 aliphatic rings. The van der Waals surface area contributed by atoms with Crippen LogP contribution in [-0.4, -0.2) is 43.9 Å². The lowest BCUT2D eigenvalue weighted by atomic mass is 9.98. The number of amides is 1. The maximum atomic E-state index is 12.4. The Morgan fingerprint density at radius 2 is 2.35 bits per heavy atom. The topological polar surface area (TPSA) is 63.9 Å². The van der Waals surface area contributed by atoms with Gasteiger partial charge in [0.25, 0.3) is 0 Å². The first-order valence-corrected chi connectivity index (χ1v) is 9.08. The normalized spacial score (nSPS) is 18.6. The van der Waals surface area contributed by atoms with Crippen LogP contribution in [0.1, 0.15) is 55.6 Å². The van der Waals surface area contributed by atoms with Gasteiger partial charge in [0.05, 0.1) is 23.4 Å². The summed E-state index contributed by atoms with van der Waals surface area (Å²) < 4.78 is 1.70. The lowest BCUT2D eigenvalue weighted by Gasteiger charge is -2.32. The van der Waals surface area contributed by atoms with Gasteiger partial charge in [0.1, 0.15) is 0 Å². The molecule has 0 N–H and O–H groups in total. The van der Waals surface area contributed by atoms with E-state index in [1.165, 1.54) is 10.7 Å². The van der Waals surface area contributed by atoms with Crippen LogP contribution in [0.2, 0.25) is 0 Å². The zero-order chi connectivity index (χ0) is 16.2. The molecule has 0 bridgehead atoms. The van der Waals surface area contributed by atoms with Gasteiger partial charge in [0, 0.05) is 37.0 Å². The van der Waals surface area contributed by atoms with E-state index >= 15 is 0 Å². The van der Waals surface area contributed by atoms with Crippen LogP contribution in [0.15, 0.2) is 17.8 Å². The summed E-state index contributed by atoms with van der Waals surface area (Å²) >= 11 is 1.74. The first kappa shape index (κ1) is 16.1. The van der Waals surface area contributed by atoms with Gasteiger partial charge in [0.2, 0.25) is 5.91 Å². The number of aromatic nitrogens is 4.